The standard InChI is InChI=1S/C24H22ClF3N2O3S/c25-22-14-13-19(16-21(22)24(26,27)28)30(34(32,33)20-11-5-2-6-12-20)17-23(31)29-15-7-10-18-8-3-1-4-9-18/h1-6,8-9,11-14,16H,7,10,15,17H2,(H,29,31). The van der Waals surface area contributed by atoms with Crippen molar-refractivity contribution >= 4 is 33.2 Å². The van der Waals surface area contributed by atoms with Gasteiger partial charge in [0.1, 0.15) is 6.54 Å². The van der Waals surface area contributed by atoms with Gasteiger partial charge in [-0.2, -0.15) is 13.2 Å². The summed E-state index contributed by atoms with van der Waals surface area (Å²) in [5.74, 6) is -0.643. The van der Waals surface area contributed by atoms with Gasteiger partial charge in [0.15, 0.2) is 0 Å². The Labute approximate surface area is 201 Å². The van der Waals surface area contributed by atoms with E-state index in [9.17, 15) is 26.4 Å². The molecular formula is C24H22ClF3N2O3S. The van der Waals surface area contributed by atoms with Gasteiger partial charge < -0.3 is 5.32 Å². The predicted octanol–water partition coefficient (Wildman–Crippen LogP) is 5.30. The minimum absolute atomic E-state index is 0.157. The van der Waals surface area contributed by atoms with E-state index >= 15 is 0 Å². The van der Waals surface area contributed by atoms with Crippen molar-refractivity contribution in [3.05, 3.63) is 95.0 Å². The van der Waals surface area contributed by atoms with Gasteiger partial charge in [-0.25, -0.2) is 8.42 Å². The first-order valence-electron chi connectivity index (χ1n) is 10.3. The molecule has 0 unspecified atom stereocenters. The molecule has 0 aliphatic carbocycles. The molecule has 0 saturated heterocycles. The van der Waals surface area contributed by atoms with Gasteiger partial charge in [-0.3, -0.25) is 9.10 Å². The third-order valence-electron chi connectivity index (χ3n) is 4.97. The van der Waals surface area contributed by atoms with Crippen LogP contribution in [0.2, 0.25) is 5.02 Å². The van der Waals surface area contributed by atoms with Crippen molar-refractivity contribution in [1.29, 1.82) is 0 Å². The van der Waals surface area contributed by atoms with Crippen molar-refractivity contribution in [2.24, 2.45) is 0 Å². The van der Waals surface area contributed by atoms with Gasteiger partial charge in [-0.1, -0.05) is 60.1 Å². The third kappa shape index (κ3) is 6.51. The fourth-order valence-electron chi connectivity index (χ4n) is 3.27. The lowest BCUT2D eigenvalue weighted by molar-refractivity contribution is -0.137. The van der Waals surface area contributed by atoms with Crippen LogP contribution in [0.5, 0.6) is 0 Å². The number of sulfonamides is 1. The van der Waals surface area contributed by atoms with Gasteiger partial charge in [0.2, 0.25) is 5.91 Å². The summed E-state index contributed by atoms with van der Waals surface area (Å²) in [7, 11) is -4.34. The fourth-order valence-corrected chi connectivity index (χ4v) is 4.93. The quantitative estimate of drug-likeness (QED) is 0.397. The number of carbonyl (C=O) groups is 1. The van der Waals surface area contributed by atoms with Crippen molar-refractivity contribution in [2.45, 2.75) is 23.9 Å². The number of benzene rings is 3. The van der Waals surface area contributed by atoms with Gasteiger partial charge in [0, 0.05) is 6.54 Å². The number of anilines is 1. The lowest BCUT2D eigenvalue weighted by Crippen LogP contribution is -2.41. The van der Waals surface area contributed by atoms with Crippen LogP contribution in [-0.4, -0.2) is 27.4 Å². The first kappa shape index (κ1) is 25.6. The molecule has 0 radical (unpaired) electrons. The Morgan fingerprint density at radius 3 is 2.18 bits per heavy atom. The minimum Gasteiger partial charge on any atom is -0.355 e. The molecule has 3 aromatic carbocycles. The molecule has 0 saturated carbocycles. The monoisotopic (exact) mass is 510 g/mol. The van der Waals surface area contributed by atoms with Crippen LogP contribution in [0.4, 0.5) is 18.9 Å². The molecule has 1 N–H and O–H groups in total. The van der Waals surface area contributed by atoms with Crippen LogP contribution < -0.4 is 9.62 Å². The largest absolute Gasteiger partial charge is 0.417 e. The summed E-state index contributed by atoms with van der Waals surface area (Å²) < 4.78 is 67.3. The number of rotatable bonds is 9. The normalized spacial score (nSPS) is 11.8. The van der Waals surface area contributed by atoms with Crippen molar-refractivity contribution in [3.63, 3.8) is 0 Å². The van der Waals surface area contributed by atoms with Crippen LogP contribution in [0.1, 0.15) is 17.5 Å². The Balaban J connectivity index is 1.82. The van der Waals surface area contributed by atoms with E-state index in [-0.39, 0.29) is 17.1 Å². The van der Waals surface area contributed by atoms with Gasteiger partial charge in [-0.05, 0) is 48.7 Å². The van der Waals surface area contributed by atoms with E-state index in [2.05, 4.69) is 5.32 Å². The molecule has 34 heavy (non-hydrogen) atoms. The Morgan fingerprint density at radius 2 is 1.56 bits per heavy atom. The van der Waals surface area contributed by atoms with Crippen LogP contribution >= 0.6 is 11.6 Å². The molecule has 0 atom stereocenters. The summed E-state index contributed by atoms with van der Waals surface area (Å²) in [5.41, 5.74) is -0.422. The molecule has 1 amide bonds. The topological polar surface area (TPSA) is 66.5 Å². The smallest absolute Gasteiger partial charge is 0.355 e. The zero-order valence-corrected chi connectivity index (χ0v) is 19.5. The number of carbonyl (C=O) groups excluding carboxylic acids is 1. The lowest BCUT2D eigenvalue weighted by atomic mass is 10.1. The van der Waals surface area contributed by atoms with E-state index in [1.807, 2.05) is 30.3 Å². The van der Waals surface area contributed by atoms with Crippen LogP contribution in [0.25, 0.3) is 0 Å². The molecule has 0 spiro atoms. The van der Waals surface area contributed by atoms with Crippen molar-refractivity contribution in [3.8, 4) is 0 Å². The zero-order chi connectivity index (χ0) is 24.8. The third-order valence-corrected chi connectivity index (χ3v) is 7.09. The second kappa shape index (κ2) is 10.9. The second-order valence-corrected chi connectivity index (χ2v) is 9.70. The second-order valence-electron chi connectivity index (χ2n) is 7.43. The van der Waals surface area contributed by atoms with E-state index in [0.717, 1.165) is 17.7 Å². The maximum atomic E-state index is 13.4. The molecule has 0 aliphatic rings. The van der Waals surface area contributed by atoms with Gasteiger partial charge in [-0.15, -0.1) is 0 Å². The summed E-state index contributed by atoms with van der Waals surface area (Å²) in [6.45, 7) is -0.414. The summed E-state index contributed by atoms with van der Waals surface area (Å²) in [4.78, 5) is 12.4. The highest BCUT2D eigenvalue weighted by molar-refractivity contribution is 7.92. The highest BCUT2D eigenvalue weighted by Gasteiger charge is 2.35. The summed E-state index contributed by atoms with van der Waals surface area (Å²) in [6.07, 6.45) is -3.48. The first-order valence-corrected chi connectivity index (χ1v) is 12.2. The first-order chi connectivity index (χ1) is 16.1. The summed E-state index contributed by atoms with van der Waals surface area (Å²) in [6, 6.07) is 19.5. The van der Waals surface area contributed by atoms with Crippen molar-refractivity contribution < 1.29 is 26.4 Å². The van der Waals surface area contributed by atoms with Crippen LogP contribution in [0.15, 0.2) is 83.8 Å². The Bertz CT molecular complexity index is 1220. The van der Waals surface area contributed by atoms with E-state index in [1.165, 1.54) is 24.3 Å². The fraction of sp³-hybridized carbons (Fsp3) is 0.208. The molecule has 0 fully saturated rings. The number of amides is 1. The molecular weight excluding hydrogens is 489 g/mol. The number of aryl methyl sites for hydroxylation is 1. The molecule has 0 aromatic heterocycles. The van der Waals surface area contributed by atoms with Crippen LogP contribution in [0.3, 0.4) is 0 Å². The van der Waals surface area contributed by atoms with Crippen LogP contribution in [0, 0.1) is 0 Å². The number of hydrogen-bond donors (Lipinski definition) is 1. The Hall–Kier alpha value is -3.04. The van der Waals surface area contributed by atoms with E-state index in [0.29, 0.717) is 23.2 Å². The highest BCUT2D eigenvalue weighted by atomic mass is 35.5. The Morgan fingerprint density at radius 1 is 0.941 bits per heavy atom. The molecule has 0 heterocycles. The molecule has 0 bridgehead atoms. The average molecular weight is 511 g/mol. The van der Waals surface area contributed by atoms with Gasteiger partial charge >= 0.3 is 6.18 Å². The number of hydrogen-bond acceptors (Lipinski definition) is 3. The lowest BCUT2D eigenvalue weighted by Gasteiger charge is -2.25. The number of alkyl halides is 3. The molecule has 180 valence electrons. The molecule has 5 nitrogen and oxygen atoms in total. The highest BCUT2D eigenvalue weighted by Crippen LogP contribution is 2.37. The van der Waals surface area contributed by atoms with E-state index in [1.54, 1.807) is 6.07 Å². The zero-order valence-electron chi connectivity index (χ0n) is 17.9. The summed E-state index contributed by atoms with van der Waals surface area (Å²) in [5, 5.41) is 2.07. The average Bonchev–Trinajstić information content (AvgIpc) is 2.81. The van der Waals surface area contributed by atoms with Crippen molar-refractivity contribution in [2.75, 3.05) is 17.4 Å². The molecule has 0 aliphatic heterocycles. The van der Waals surface area contributed by atoms with Crippen molar-refractivity contribution in [1.82, 2.24) is 5.32 Å². The summed E-state index contributed by atoms with van der Waals surface area (Å²) >= 11 is 5.69. The van der Waals surface area contributed by atoms with Crippen LogP contribution in [-0.2, 0) is 27.4 Å². The number of nitrogens with zero attached hydrogens (tertiary/aromatic N) is 1. The van der Waals surface area contributed by atoms with E-state index < -0.39 is 39.2 Å². The van der Waals surface area contributed by atoms with Gasteiger partial charge in [0.25, 0.3) is 10.0 Å². The maximum Gasteiger partial charge on any atom is 0.417 e. The van der Waals surface area contributed by atoms with Gasteiger partial charge in [0.05, 0.1) is 21.2 Å². The maximum absolute atomic E-state index is 13.4. The van der Waals surface area contributed by atoms with E-state index in [4.69, 9.17) is 11.6 Å². The molecule has 3 aromatic rings. The molecule has 3 rings (SSSR count). The predicted molar refractivity (Wildman–Crippen MR) is 125 cm³/mol. The molecule has 10 heteroatoms. The Kier molecular flexibility index (Phi) is 8.22. The number of halogens is 4. The SMILES string of the molecule is O=C(CN(c1ccc(Cl)c(C(F)(F)F)c1)S(=O)(=O)c1ccccc1)NCCCc1ccccc1. The minimum atomic E-state index is -4.80. The number of nitrogens with one attached hydrogen (secondary N) is 1.